The third-order valence-electron chi connectivity index (χ3n) is 7.16. The van der Waals surface area contributed by atoms with Gasteiger partial charge in [-0.3, -0.25) is 13.9 Å². The van der Waals surface area contributed by atoms with Crippen LogP contribution in [0.15, 0.2) is 76.1 Å². The highest BCUT2D eigenvalue weighted by Crippen LogP contribution is 2.30. The van der Waals surface area contributed by atoms with E-state index in [9.17, 15) is 18.0 Å². The molecule has 1 aliphatic rings. The molecule has 0 radical (unpaired) electrons. The topological polar surface area (TPSA) is 86.8 Å². The fraction of sp³-hybridized carbons (Fsp3) is 0.333. The first-order chi connectivity index (χ1) is 19.4. The van der Waals surface area contributed by atoms with Crippen molar-refractivity contribution in [1.82, 2.24) is 10.2 Å². The molecule has 1 unspecified atom stereocenters. The minimum absolute atomic E-state index is 0.0125. The summed E-state index contributed by atoms with van der Waals surface area (Å²) in [7, 11) is -4.21. The van der Waals surface area contributed by atoms with Crippen LogP contribution in [-0.4, -0.2) is 43.8 Å². The Labute approximate surface area is 260 Å². The van der Waals surface area contributed by atoms with Crippen LogP contribution < -0.4 is 9.62 Å². The van der Waals surface area contributed by atoms with Crippen LogP contribution in [0.25, 0.3) is 0 Å². The Hall–Kier alpha value is -2.59. The lowest BCUT2D eigenvalue weighted by atomic mass is 10.1. The van der Waals surface area contributed by atoms with Crippen molar-refractivity contribution in [2.75, 3.05) is 10.8 Å². The van der Waals surface area contributed by atoms with E-state index in [2.05, 4.69) is 21.2 Å². The Kier molecular flexibility index (Phi) is 10.4. The lowest BCUT2D eigenvalue weighted by Crippen LogP contribution is -2.52. The maximum Gasteiger partial charge on any atom is 0.264 e. The lowest BCUT2D eigenvalue weighted by molar-refractivity contribution is -0.139. The fourth-order valence-electron chi connectivity index (χ4n) is 4.81. The summed E-state index contributed by atoms with van der Waals surface area (Å²) in [6, 6.07) is 17.4. The molecule has 2 amide bonds. The molecule has 11 heteroatoms. The van der Waals surface area contributed by atoms with Gasteiger partial charge in [0.1, 0.15) is 12.6 Å². The number of amides is 2. The summed E-state index contributed by atoms with van der Waals surface area (Å²) >= 11 is 15.9. The van der Waals surface area contributed by atoms with E-state index in [1.165, 1.54) is 35.2 Å². The molecule has 1 atom stereocenters. The Bertz CT molecular complexity index is 1470. The van der Waals surface area contributed by atoms with Gasteiger partial charge in [-0.05, 0) is 74.7 Å². The van der Waals surface area contributed by atoms with Crippen LogP contribution in [-0.2, 0) is 26.2 Å². The van der Waals surface area contributed by atoms with Crippen molar-refractivity contribution in [2.24, 2.45) is 0 Å². The number of carbonyl (C=O) groups is 2. The number of hydrogen-bond donors (Lipinski definition) is 1. The molecule has 1 aliphatic carbocycles. The summed E-state index contributed by atoms with van der Waals surface area (Å²) in [5.74, 6) is -0.824. The smallest absolute Gasteiger partial charge is 0.264 e. The zero-order valence-electron chi connectivity index (χ0n) is 22.8. The summed E-state index contributed by atoms with van der Waals surface area (Å²) in [5.41, 5.74) is 1.82. The first kappa shape index (κ1) is 31.3. The molecule has 1 N–H and O–H groups in total. The van der Waals surface area contributed by atoms with Gasteiger partial charge in [0.15, 0.2) is 0 Å². The van der Waals surface area contributed by atoms with Crippen molar-refractivity contribution in [3.8, 4) is 0 Å². The quantitative estimate of drug-likeness (QED) is 0.257. The lowest BCUT2D eigenvalue weighted by Gasteiger charge is -2.32. The van der Waals surface area contributed by atoms with E-state index in [4.69, 9.17) is 23.2 Å². The molecule has 0 bridgehead atoms. The molecule has 0 aromatic heterocycles. The van der Waals surface area contributed by atoms with Crippen molar-refractivity contribution < 1.29 is 18.0 Å². The van der Waals surface area contributed by atoms with Gasteiger partial charge in [-0.2, -0.15) is 0 Å². The first-order valence-electron chi connectivity index (χ1n) is 13.3. The highest BCUT2D eigenvalue weighted by Gasteiger charge is 2.33. The second kappa shape index (κ2) is 13.6. The number of hydrogen-bond acceptors (Lipinski definition) is 4. The number of carbonyl (C=O) groups excluding carboxylic acids is 2. The zero-order chi connectivity index (χ0) is 29.7. The third kappa shape index (κ3) is 8.03. The molecule has 0 saturated heterocycles. The van der Waals surface area contributed by atoms with Crippen LogP contribution in [0.5, 0.6) is 0 Å². The highest BCUT2D eigenvalue weighted by atomic mass is 79.9. The summed E-state index contributed by atoms with van der Waals surface area (Å²) in [4.78, 5) is 28.8. The van der Waals surface area contributed by atoms with Gasteiger partial charge in [-0.1, -0.05) is 81.8 Å². The van der Waals surface area contributed by atoms with Crippen LogP contribution in [0.1, 0.15) is 43.7 Å². The van der Waals surface area contributed by atoms with Gasteiger partial charge in [0, 0.05) is 27.1 Å². The van der Waals surface area contributed by atoms with Crippen molar-refractivity contribution in [1.29, 1.82) is 0 Å². The number of halogens is 3. The number of anilines is 1. The molecule has 0 heterocycles. The summed E-state index contributed by atoms with van der Waals surface area (Å²) < 4.78 is 29.7. The Morgan fingerprint density at radius 1 is 0.976 bits per heavy atom. The second-order valence-corrected chi connectivity index (χ2v) is 13.9. The molecule has 3 aromatic carbocycles. The summed E-state index contributed by atoms with van der Waals surface area (Å²) in [6.45, 7) is 3.06. The van der Waals surface area contributed by atoms with Crippen LogP contribution in [0.2, 0.25) is 10.0 Å². The fourth-order valence-corrected chi connectivity index (χ4v) is 6.99. The third-order valence-corrected chi connectivity index (χ3v) is 9.91. The SMILES string of the molecule is Cc1ccc(S(=O)(=O)N(CC(=O)N(Cc2ccc(Br)cc2)C(C)C(=O)NC2CCCC2)c2cc(Cl)cc(Cl)c2)cc1. The molecule has 3 aromatic rings. The zero-order valence-corrected chi connectivity index (χ0v) is 26.7. The Morgan fingerprint density at radius 3 is 2.15 bits per heavy atom. The molecule has 1 fully saturated rings. The molecule has 4 rings (SSSR count). The molecule has 218 valence electrons. The van der Waals surface area contributed by atoms with E-state index in [1.807, 2.05) is 31.2 Å². The van der Waals surface area contributed by atoms with E-state index >= 15 is 0 Å². The van der Waals surface area contributed by atoms with E-state index in [0.29, 0.717) is 0 Å². The van der Waals surface area contributed by atoms with E-state index in [0.717, 1.165) is 45.6 Å². The van der Waals surface area contributed by atoms with E-state index in [1.54, 1.807) is 19.1 Å². The van der Waals surface area contributed by atoms with Crippen LogP contribution in [0.4, 0.5) is 5.69 Å². The van der Waals surface area contributed by atoms with E-state index < -0.39 is 28.5 Å². The Morgan fingerprint density at radius 2 is 1.56 bits per heavy atom. The number of aryl methyl sites for hydroxylation is 1. The predicted octanol–water partition coefficient (Wildman–Crippen LogP) is 6.74. The number of nitrogens with one attached hydrogen (secondary N) is 1. The predicted molar refractivity (Wildman–Crippen MR) is 167 cm³/mol. The molecule has 41 heavy (non-hydrogen) atoms. The van der Waals surface area contributed by atoms with Crippen LogP contribution >= 0.6 is 39.1 Å². The van der Waals surface area contributed by atoms with Crippen molar-refractivity contribution in [3.05, 3.63) is 92.4 Å². The number of nitrogens with zero attached hydrogens (tertiary/aromatic N) is 2. The molecule has 0 spiro atoms. The van der Waals surface area contributed by atoms with Crippen LogP contribution in [0, 0.1) is 6.92 Å². The normalized spacial score (nSPS) is 14.5. The Balaban J connectivity index is 1.70. The summed E-state index contributed by atoms with van der Waals surface area (Å²) in [6.07, 6.45) is 3.90. The number of benzene rings is 3. The molecular weight excluding hydrogens is 649 g/mol. The van der Waals surface area contributed by atoms with Crippen LogP contribution in [0.3, 0.4) is 0 Å². The largest absolute Gasteiger partial charge is 0.352 e. The van der Waals surface area contributed by atoms with Gasteiger partial charge in [0.05, 0.1) is 10.6 Å². The molecule has 0 aliphatic heterocycles. The molecular formula is C30H32BrCl2N3O4S. The van der Waals surface area contributed by atoms with Crippen molar-refractivity contribution in [3.63, 3.8) is 0 Å². The average Bonchev–Trinajstić information content (AvgIpc) is 3.43. The van der Waals surface area contributed by atoms with Gasteiger partial charge in [-0.15, -0.1) is 0 Å². The number of rotatable bonds is 10. The van der Waals surface area contributed by atoms with Gasteiger partial charge >= 0.3 is 0 Å². The number of sulfonamides is 1. The van der Waals surface area contributed by atoms with Crippen molar-refractivity contribution in [2.45, 2.75) is 63.1 Å². The second-order valence-electron chi connectivity index (χ2n) is 10.3. The first-order valence-corrected chi connectivity index (χ1v) is 16.3. The minimum atomic E-state index is -4.21. The van der Waals surface area contributed by atoms with Gasteiger partial charge < -0.3 is 10.2 Å². The van der Waals surface area contributed by atoms with Gasteiger partial charge in [0.25, 0.3) is 10.0 Å². The van der Waals surface area contributed by atoms with E-state index in [-0.39, 0.29) is 39.1 Å². The average molecular weight is 681 g/mol. The highest BCUT2D eigenvalue weighted by molar-refractivity contribution is 9.10. The monoisotopic (exact) mass is 679 g/mol. The molecule has 7 nitrogen and oxygen atoms in total. The molecule has 1 saturated carbocycles. The van der Waals surface area contributed by atoms with Gasteiger partial charge in [0.2, 0.25) is 11.8 Å². The van der Waals surface area contributed by atoms with Gasteiger partial charge in [-0.25, -0.2) is 8.42 Å². The maximum atomic E-state index is 14.0. The maximum absolute atomic E-state index is 14.0. The summed E-state index contributed by atoms with van der Waals surface area (Å²) in [5, 5.41) is 3.51. The van der Waals surface area contributed by atoms with Crippen molar-refractivity contribution >= 4 is 66.7 Å². The standard InChI is InChI=1S/C30H32BrCl2N3O4S/c1-20-7-13-28(14-8-20)41(39,40)36(27-16-24(32)15-25(33)17-27)19-29(37)35(18-22-9-11-23(31)12-10-22)21(2)30(38)34-26-5-3-4-6-26/h7-17,21,26H,3-6,18-19H2,1-2H3,(H,34,38). The minimum Gasteiger partial charge on any atom is -0.352 e.